The van der Waals surface area contributed by atoms with Crippen LogP contribution in [-0.4, -0.2) is 64.4 Å². The van der Waals surface area contributed by atoms with E-state index in [4.69, 9.17) is 19.7 Å². The van der Waals surface area contributed by atoms with E-state index < -0.39 is 33.9 Å². The fraction of sp³-hybridized carbons (Fsp3) is 0.800. The molecule has 0 aromatic heterocycles. The minimum absolute atomic E-state index is 0.112. The third-order valence-corrected chi connectivity index (χ3v) is 4.51. The maximum atomic E-state index is 10.7. The van der Waals surface area contributed by atoms with Crippen LogP contribution in [0.1, 0.15) is 12.8 Å². The molecule has 0 aliphatic carbocycles. The van der Waals surface area contributed by atoms with E-state index >= 15 is 0 Å². The van der Waals surface area contributed by atoms with E-state index in [-0.39, 0.29) is 5.91 Å². The molecular formula is C10H21NO6Si. The van der Waals surface area contributed by atoms with Crippen molar-refractivity contribution in [1.82, 2.24) is 5.32 Å². The quantitative estimate of drug-likeness (QED) is 0.254. The molecule has 0 saturated carbocycles. The molecule has 0 bridgehead atoms. The predicted molar refractivity (Wildman–Crippen MR) is 67.5 cm³/mol. The maximum absolute atomic E-state index is 10.7. The summed E-state index contributed by atoms with van der Waals surface area (Å²) in [5.41, 5.74) is 0. The Morgan fingerprint density at radius 3 is 2.33 bits per heavy atom. The Labute approximate surface area is 108 Å². The van der Waals surface area contributed by atoms with Crippen LogP contribution in [0.25, 0.3) is 0 Å². The molecule has 0 heterocycles. The minimum atomic E-state index is -1.14. The molecule has 0 radical (unpaired) electrons. The molecule has 3 N–H and O–H groups in total. The SMILES string of the molecule is COC(OC)[SiH2]CCCN[C@@H](CC(=O)O)C(=O)O. The molecule has 0 unspecified atom stereocenters. The second kappa shape index (κ2) is 10.0. The molecule has 1 atom stereocenters. The zero-order valence-electron chi connectivity index (χ0n) is 10.7. The van der Waals surface area contributed by atoms with Crippen LogP contribution in [0.15, 0.2) is 0 Å². The first-order valence-electron chi connectivity index (χ1n) is 5.74. The molecule has 0 amide bonds. The van der Waals surface area contributed by atoms with Crippen molar-refractivity contribution in [2.45, 2.75) is 30.8 Å². The zero-order chi connectivity index (χ0) is 14.0. The molecule has 0 fully saturated rings. The van der Waals surface area contributed by atoms with Crippen LogP contribution in [0.2, 0.25) is 6.04 Å². The molecule has 8 heteroatoms. The summed E-state index contributed by atoms with van der Waals surface area (Å²) in [6.45, 7) is 0.484. The Morgan fingerprint density at radius 2 is 1.89 bits per heavy atom. The summed E-state index contributed by atoms with van der Waals surface area (Å²) in [6.07, 6.45) is 0.379. The lowest BCUT2D eigenvalue weighted by molar-refractivity contribution is -0.145. The van der Waals surface area contributed by atoms with Crippen molar-refractivity contribution in [1.29, 1.82) is 0 Å². The van der Waals surface area contributed by atoms with E-state index in [2.05, 4.69) is 5.32 Å². The van der Waals surface area contributed by atoms with Gasteiger partial charge in [0.15, 0.2) is 0 Å². The van der Waals surface area contributed by atoms with E-state index in [0.717, 1.165) is 12.5 Å². The third kappa shape index (κ3) is 8.18. The number of methoxy groups -OCH3 is 2. The zero-order valence-corrected chi connectivity index (χ0v) is 12.1. The fourth-order valence-electron chi connectivity index (χ4n) is 1.47. The normalized spacial score (nSPS) is 13.3. The van der Waals surface area contributed by atoms with Crippen molar-refractivity contribution in [3.8, 4) is 0 Å². The summed E-state index contributed by atoms with van der Waals surface area (Å²) in [5, 5.41) is 20.0. The lowest BCUT2D eigenvalue weighted by Crippen LogP contribution is -2.39. The molecule has 0 rings (SSSR count). The van der Waals surface area contributed by atoms with E-state index in [1.165, 1.54) is 0 Å². The maximum Gasteiger partial charge on any atom is 0.321 e. The van der Waals surface area contributed by atoms with Gasteiger partial charge in [-0.3, -0.25) is 9.59 Å². The van der Waals surface area contributed by atoms with Crippen LogP contribution in [-0.2, 0) is 19.1 Å². The summed E-state index contributed by atoms with van der Waals surface area (Å²) in [5.74, 6) is -2.37. The molecule has 18 heavy (non-hydrogen) atoms. The highest BCUT2D eigenvalue weighted by molar-refractivity contribution is 6.36. The standard InChI is InChI=1S/C10H21NO6Si/c1-16-10(17-2)18-5-3-4-11-7(9(14)15)6-8(12)13/h7,10-11H,3-6,18H2,1-2H3,(H,12,13)(H,14,15)/t7-/m0/s1. The van der Waals surface area contributed by atoms with Crippen LogP contribution in [0.3, 0.4) is 0 Å². The van der Waals surface area contributed by atoms with Crippen molar-refractivity contribution in [2.75, 3.05) is 20.8 Å². The number of aliphatic carboxylic acids is 2. The Morgan fingerprint density at radius 1 is 1.28 bits per heavy atom. The van der Waals surface area contributed by atoms with Crippen molar-refractivity contribution < 1.29 is 29.3 Å². The van der Waals surface area contributed by atoms with Crippen molar-refractivity contribution in [3.63, 3.8) is 0 Å². The monoisotopic (exact) mass is 279 g/mol. The fourth-order valence-corrected chi connectivity index (χ4v) is 2.81. The van der Waals surface area contributed by atoms with Gasteiger partial charge >= 0.3 is 11.9 Å². The largest absolute Gasteiger partial charge is 0.481 e. The lowest BCUT2D eigenvalue weighted by Gasteiger charge is -2.14. The minimum Gasteiger partial charge on any atom is -0.481 e. The summed E-state index contributed by atoms with van der Waals surface area (Å²) in [4.78, 5) is 21.2. The van der Waals surface area contributed by atoms with E-state index in [1.807, 2.05) is 0 Å². The van der Waals surface area contributed by atoms with Gasteiger partial charge in [0.05, 0.1) is 15.9 Å². The Bertz CT molecular complexity index is 259. The molecule has 0 saturated heterocycles. The van der Waals surface area contributed by atoms with Gasteiger partial charge in [0.1, 0.15) is 12.0 Å². The molecular weight excluding hydrogens is 258 g/mol. The van der Waals surface area contributed by atoms with Crippen molar-refractivity contribution >= 4 is 21.5 Å². The van der Waals surface area contributed by atoms with E-state index in [1.54, 1.807) is 14.2 Å². The molecule has 0 aromatic carbocycles. The molecule has 106 valence electrons. The van der Waals surface area contributed by atoms with Crippen molar-refractivity contribution in [3.05, 3.63) is 0 Å². The highest BCUT2D eigenvalue weighted by Crippen LogP contribution is 1.97. The summed E-state index contributed by atoms with van der Waals surface area (Å²) in [6, 6.07) is -0.0801. The van der Waals surface area contributed by atoms with Gasteiger partial charge in [-0.05, 0) is 13.0 Å². The van der Waals surface area contributed by atoms with Gasteiger partial charge in [-0.15, -0.1) is 0 Å². The average molecular weight is 279 g/mol. The predicted octanol–water partition coefficient (Wildman–Crippen LogP) is -0.942. The third-order valence-electron chi connectivity index (χ3n) is 2.46. The molecule has 0 aliphatic heterocycles. The molecule has 0 aliphatic rings. The van der Waals surface area contributed by atoms with Gasteiger partial charge in [0.2, 0.25) is 0 Å². The topological polar surface area (TPSA) is 105 Å². The smallest absolute Gasteiger partial charge is 0.321 e. The summed E-state index contributed by atoms with van der Waals surface area (Å²) < 4.78 is 10.1. The van der Waals surface area contributed by atoms with Crippen LogP contribution in [0.4, 0.5) is 0 Å². The summed E-state index contributed by atoms with van der Waals surface area (Å²) >= 11 is 0. The molecule has 7 nitrogen and oxygen atoms in total. The Hall–Kier alpha value is -0.963. The molecule has 0 spiro atoms. The Kier molecular flexibility index (Phi) is 9.47. The Balaban J connectivity index is 3.73. The first kappa shape index (κ1) is 17.0. The number of hydrogen-bond donors (Lipinski definition) is 3. The number of rotatable bonds is 11. The average Bonchev–Trinajstić information content (AvgIpc) is 2.31. The van der Waals surface area contributed by atoms with Crippen LogP contribution in [0.5, 0.6) is 0 Å². The van der Waals surface area contributed by atoms with Gasteiger partial charge < -0.3 is 25.0 Å². The highest BCUT2D eigenvalue weighted by atomic mass is 28.2. The molecule has 0 aromatic rings. The van der Waals surface area contributed by atoms with Crippen molar-refractivity contribution in [2.24, 2.45) is 0 Å². The van der Waals surface area contributed by atoms with Gasteiger partial charge in [-0.2, -0.15) is 0 Å². The van der Waals surface area contributed by atoms with Gasteiger partial charge in [-0.1, -0.05) is 6.04 Å². The first-order chi connectivity index (χ1) is 8.51. The summed E-state index contributed by atoms with van der Waals surface area (Å²) in [7, 11) is 2.67. The number of carboxylic acid groups (broad SMARTS) is 2. The van der Waals surface area contributed by atoms with E-state index in [0.29, 0.717) is 6.54 Å². The highest BCUT2D eigenvalue weighted by Gasteiger charge is 2.19. The van der Waals surface area contributed by atoms with E-state index in [9.17, 15) is 9.59 Å². The lowest BCUT2D eigenvalue weighted by atomic mass is 10.2. The van der Waals surface area contributed by atoms with Gasteiger partial charge in [-0.25, -0.2) is 0 Å². The number of carbonyl (C=O) groups is 2. The second-order valence-electron chi connectivity index (χ2n) is 3.84. The first-order valence-corrected chi connectivity index (χ1v) is 7.56. The number of ether oxygens (including phenoxy) is 2. The van der Waals surface area contributed by atoms with Gasteiger partial charge in [0.25, 0.3) is 0 Å². The second-order valence-corrected chi connectivity index (χ2v) is 5.79. The van der Waals surface area contributed by atoms with Gasteiger partial charge in [0, 0.05) is 14.2 Å². The number of carboxylic acids is 2. The van der Waals surface area contributed by atoms with Crippen LogP contribution < -0.4 is 5.32 Å². The van der Waals surface area contributed by atoms with Crippen LogP contribution >= 0.6 is 0 Å². The number of hydrogen-bond acceptors (Lipinski definition) is 5. The number of nitrogens with one attached hydrogen (secondary N) is 1. The van der Waals surface area contributed by atoms with Crippen LogP contribution in [0, 0.1) is 0 Å².